The van der Waals surface area contributed by atoms with E-state index >= 15 is 0 Å². The second kappa shape index (κ2) is 11.0. The molecule has 6 nitrogen and oxygen atoms in total. The van der Waals surface area contributed by atoms with Crippen molar-refractivity contribution < 1.29 is 13.2 Å². The Balaban J connectivity index is 0.00000392. The SMILES string of the molecule is CCCNCCNC(=O)c1cc(S(=O)(=O)Nc2ccc(C)cc2)ccc1C.Cl. The van der Waals surface area contributed by atoms with Crippen LogP contribution in [-0.4, -0.2) is 34.0 Å². The van der Waals surface area contributed by atoms with Gasteiger partial charge in [0.2, 0.25) is 0 Å². The molecule has 0 spiro atoms. The lowest BCUT2D eigenvalue weighted by Crippen LogP contribution is -2.32. The van der Waals surface area contributed by atoms with E-state index in [2.05, 4.69) is 22.3 Å². The van der Waals surface area contributed by atoms with E-state index in [1.165, 1.54) is 12.1 Å². The molecule has 8 heteroatoms. The second-order valence-corrected chi connectivity index (χ2v) is 8.14. The van der Waals surface area contributed by atoms with Crippen LogP contribution >= 0.6 is 12.4 Å². The van der Waals surface area contributed by atoms with Crippen molar-refractivity contribution in [3.63, 3.8) is 0 Å². The van der Waals surface area contributed by atoms with E-state index in [-0.39, 0.29) is 23.2 Å². The highest BCUT2D eigenvalue weighted by molar-refractivity contribution is 7.92. The average Bonchev–Trinajstić information content (AvgIpc) is 2.63. The number of carbonyl (C=O) groups is 1. The van der Waals surface area contributed by atoms with Crippen LogP contribution in [0.4, 0.5) is 5.69 Å². The molecule has 1 amide bonds. The Labute approximate surface area is 173 Å². The highest BCUT2D eigenvalue weighted by Gasteiger charge is 2.18. The molecule has 0 aliphatic rings. The minimum absolute atomic E-state index is 0. The summed E-state index contributed by atoms with van der Waals surface area (Å²) in [5.41, 5.74) is 2.61. The molecule has 0 fully saturated rings. The fourth-order valence-electron chi connectivity index (χ4n) is 2.51. The molecule has 0 unspecified atom stereocenters. The van der Waals surface area contributed by atoms with Crippen molar-refractivity contribution >= 4 is 34.0 Å². The number of sulfonamides is 1. The first-order valence-corrected chi connectivity index (χ1v) is 10.5. The molecule has 2 aromatic carbocycles. The predicted octanol–water partition coefficient (Wildman–Crippen LogP) is 3.26. The molecule has 2 rings (SSSR count). The molecule has 0 aliphatic heterocycles. The van der Waals surface area contributed by atoms with Gasteiger partial charge in [0.25, 0.3) is 15.9 Å². The van der Waals surface area contributed by atoms with Crippen LogP contribution in [0.15, 0.2) is 47.4 Å². The predicted molar refractivity (Wildman–Crippen MR) is 116 cm³/mol. The number of amides is 1. The smallest absolute Gasteiger partial charge is 0.261 e. The van der Waals surface area contributed by atoms with Crippen LogP contribution in [-0.2, 0) is 10.0 Å². The highest BCUT2D eigenvalue weighted by Crippen LogP contribution is 2.19. The standard InChI is InChI=1S/C20H27N3O3S.ClH/c1-4-11-21-12-13-22-20(24)19-14-18(10-7-16(19)3)27(25,26)23-17-8-5-15(2)6-9-17;/h5-10,14,21,23H,4,11-13H2,1-3H3,(H,22,24);1H. The molecule has 28 heavy (non-hydrogen) atoms. The zero-order chi connectivity index (χ0) is 19.9. The Bertz CT molecular complexity index is 884. The van der Waals surface area contributed by atoms with Gasteiger partial charge in [-0.15, -0.1) is 12.4 Å². The van der Waals surface area contributed by atoms with Gasteiger partial charge in [0.05, 0.1) is 4.90 Å². The molecule has 0 heterocycles. The van der Waals surface area contributed by atoms with Crippen molar-refractivity contribution in [3.8, 4) is 0 Å². The third-order valence-corrected chi connectivity index (χ3v) is 5.46. The number of carbonyl (C=O) groups excluding carboxylic acids is 1. The first-order chi connectivity index (χ1) is 12.8. The van der Waals surface area contributed by atoms with Crippen molar-refractivity contribution in [1.29, 1.82) is 0 Å². The Morgan fingerprint density at radius 3 is 2.29 bits per heavy atom. The van der Waals surface area contributed by atoms with E-state index in [4.69, 9.17) is 0 Å². The first kappa shape index (κ1) is 23.9. The molecule has 0 saturated carbocycles. The normalized spacial score (nSPS) is 10.8. The Morgan fingerprint density at radius 2 is 1.64 bits per heavy atom. The molecule has 154 valence electrons. The lowest BCUT2D eigenvalue weighted by atomic mass is 10.1. The lowest BCUT2D eigenvalue weighted by Gasteiger charge is -2.12. The zero-order valence-electron chi connectivity index (χ0n) is 16.4. The summed E-state index contributed by atoms with van der Waals surface area (Å²) < 4.78 is 27.8. The Kier molecular flexibility index (Phi) is 9.45. The fourth-order valence-corrected chi connectivity index (χ4v) is 3.59. The maximum absolute atomic E-state index is 12.7. The minimum atomic E-state index is -3.77. The number of benzene rings is 2. The van der Waals surface area contributed by atoms with Crippen LogP contribution in [0.3, 0.4) is 0 Å². The van der Waals surface area contributed by atoms with Crippen molar-refractivity contribution in [2.75, 3.05) is 24.4 Å². The number of anilines is 1. The molecule has 0 bridgehead atoms. The van der Waals surface area contributed by atoms with Crippen molar-refractivity contribution in [1.82, 2.24) is 10.6 Å². The van der Waals surface area contributed by atoms with Gasteiger partial charge in [-0.1, -0.05) is 30.7 Å². The van der Waals surface area contributed by atoms with Crippen LogP contribution in [0.25, 0.3) is 0 Å². The van der Waals surface area contributed by atoms with Crippen LogP contribution in [0, 0.1) is 13.8 Å². The van der Waals surface area contributed by atoms with Gasteiger partial charge >= 0.3 is 0 Å². The topological polar surface area (TPSA) is 87.3 Å². The molecule has 2 aromatic rings. The van der Waals surface area contributed by atoms with Crippen molar-refractivity contribution in [2.45, 2.75) is 32.1 Å². The van der Waals surface area contributed by atoms with E-state index in [0.29, 0.717) is 24.3 Å². The molecule has 3 N–H and O–H groups in total. The average molecular weight is 426 g/mol. The quantitative estimate of drug-likeness (QED) is 0.538. The van der Waals surface area contributed by atoms with Crippen LogP contribution in [0.2, 0.25) is 0 Å². The number of rotatable bonds is 9. The van der Waals surface area contributed by atoms with E-state index in [1.807, 2.05) is 19.1 Å². The van der Waals surface area contributed by atoms with Crippen molar-refractivity contribution in [2.24, 2.45) is 0 Å². The lowest BCUT2D eigenvalue weighted by molar-refractivity contribution is 0.0953. The molecule has 0 aliphatic carbocycles. The van der Waals surface area contributed by atoms with Gasteiger partial charge < -0.3 is 10.6 Å². The van der Waals surface area contributed by atoms with Crippen LogP contribution in [0.5, 0.6) is 0 Å². The van der Waals surface area contributed by atoms with Crippen molar-refractivity contribution in [3.05, 3.63) is 59.2 Å². The van der Waals surface area contributed by atoms with Crippen LogP contribution in [0.1, 0.15) is 34.8 Å². The molecule has 0 radical (unpaired) electrons. The Hall–Kier alpha value is -2.09. The number of hydrogen-bond donors (Lipinski definition) is 3. The zero-order valence-corrected chi connectivity index (χ0v) is 18.0. The third kappa shape index (κ3) is 6.82. The monoisotopic (exact) mass is 425 g/mol. The van der Waals surface area contributed by atoms with Gasteiger partial charge in [-0.2, -0.15) is 0 Å². The number of aryl methyl sites for hydroxylation is 2. The van der Waals surface area contributed by atoms with Gasteiger partial charge in [0.1, 0.15) is 0 Å². The summed E-state index contributed by atoms with van der Waals surface area (Å²) in [6.07, 6.45) is 1.03. The number of halogens is 1. The number of nitrogens with one attached hydrogen (secondary N) is 3. The van der Waals surface area contributed by atoms with Gasteiger partial charge in [-0.25, -0.2) is 8.42 Å². The summed E-state index contributed by atoms with van der Waals surface area (Å²) in [6.45, 7) is 7.84. The highest BCUT2D eigenvalue weighted by atomic mass is 35.5. The van der Waals surface area contributed by atoms with Gasteiger partial charge in [0, 0.05) is 24.3 Å². The van der Waals surface area contributed by atoms with E-state index in [1.54, 1.807) is 25.1 Å². The second-order valence-electron chi connectivity index (χ2n) is 6.45. The largest absolute Gasteiger partial charge is 0.351 e. The van der Waals surface area contributed by atoms with E-state index in [0.717, 1.165) is 24.1 Å². The van der Waals surface area contributed by atoms with Gasteiger partial charge in [-0.05, 0) is 56.6 Å². The first-order valence-electron chi connectivity index (χ1n) is 9.02. The van der Waals surface area contributed by atoms with Crippen LogP contribution < -0.4 is 15.4 Å². The fraction of sp³-hybridized carbons (Fsp3) is 0.350. The summed E-state index contributed by atoms with van der Waals surface area (Å²) in [7, 11) is -3.77. The number of hydrogen-bond acceptors (Lipinski definition) is 4. The Morgan fingerprint density at radius 1 is 0.964 bits per heavy atom. The molecular weight excluding hydrogens is 398 g/mol. The summed E-state index contributed by atoms with van der Waals surface area (Å²) in [5, 5.41) is 6.02. The van der Waals surface area contributed by atoms with E-state index < -0.39 is 10.0 Å². The minimum Gasteiger partial charge on any atom is -0.351 e. The summed E-state index contributed by atoms with van der Waals surface area (Å²) >= 11 is 0. The van der Waals surface area contributed by atoms with E-state index in [9.17, 15) is 13.2 Å². The van der Waals surface area contributed by atoms with Gasteiger partial charge in [-0.3, -0.25) is 9.52 Å². The molecule has 0 aromatic heterocycles. The molecule has 0 saturated heterocycles. The maximum atomic E-state index is 12.7. The maximum Gasteiger partial charge on any atom is 0.261 e. The summed E-state index contributed by atoms with van der Waals surface area (Å²) in [6, 6.07) is 11.6. The molecular formula is C20H28ClN3O3S. The summed E-state index contributed by atoms with van der Waals surface area (Å²) in [4.78, 5) is 12.5. The third-order valence-electron chi connectivity index (χ3n) is 4.08. The van der Waals surface area contributed by atoms with Gasteiger partial charge in [0.15, 0.2) is 0 Å². The summed E-state index contributed by atoms with van der Waals surface area (Å²) in [5.74, 6) is -0.279. The molecule has 0 atom stereocenters.